The van der Waals surface area contributed by atoms with E-state index < -0.39 is 34.6 Å². The van der Waals surface area contributed by atoms with Crippen LogP contribution in [-0.2, 0) is 19.1 Å². The summed E-state index contributed by atoms with van der Waals surface area (Å²) in [6.45, 7) is 11.8. The Morgan fingerprint density at radius 3 is 2.70 bits per heavy atom. The summed E-state index contributed by atoms with van der Waals surface area (Å²) in [4.78, 5) is 45.4. The van der Waals surface area contributed by atoms with E-state index in [1.807, 2.05) is 6.92 Å². The summed E-state index contributed by atoms with van der Waals surface area (Å²) < 4.78 is 4.62. The molecule has 4 saturated heterocycles. The molecular formula is C23H35N3O6S. The number of ether oxygens (including phenoxy) is 1. The van der Waals surface area contributed by atoms with Crippen molar-refractivity contribution in [3.05, 3.63) is 12.7 Å². The van der Waals surface area contributed by atoms with Gasteiger partial charge in [-0.15, -0.1) is 18.3 Å². The van der Waals surface area contributed by atoms with Crippen molar-refractivity contribution < 1.29 is 29.3 Å². The fourth-order valence-electron chi connectivity index (χ4n) is 6.29. The number of thioether (sulfide) groups is 1. The second kappa shape index (κ2) is 9.56. The number of carbonyl (C=O) groups excluding carboxylic acids is 2. The van der Waals surface area contributed by atoms with Gasteiger partial charge in [0.1, 0.15) is 6.04 Å². The first-order chi connectivity index (χ1) is 15.8. The van der Waals surface area contributed by atoms with Crippen LogP contribution in [0.25, 0.3) is 0 Å². The first-order valence-electron chi connectivity index (χ1n) is 11.8. The Bertz CT molecular complexity index is 805. The number of carboxylic acid groups (broad SMARTS) is 1. The molecule has 3 unspecified atom stereocenters. The summed E-state index contributed by atoms with van der Waals surface area (Å²) in [5.41, 5.74) is 0. The molecule has 33 heavy (non-hydrogen) atoms. The van der Waals surface area contributed by atoms with Crippen molar-refractivity contribution >= 4 is 29.5 Å². The van der Waals surface area contributed by atoms with E-state index in [1.54, 1.807) is 17.9 Å². The maximum absolute atomic E-state index is 14.1. The molecule has 1 spiro atoms. The highest BCUT2D eigenvalue weighted by Gasteiger charge is 2.76. The Labute approximate surface area is 199 Å². The number of likely N-dealkylation sites (tertiary alicyclic amines) is 1. The van der Waals surface area contributed by atoms with E-state index in [0.717, 1.165) is 13.1 Å². The molecule has 4 rings (SSSR count). The topological polar surface area (TPSA) is 111 Å². The predicted octanol–water partition coefficient (Wildman–Crippen LogP) is 0.136. The van der Waals surface area contributed by atoms with E-state index in [0.29, 0.717) is 39.3 Å². The fourth-order valence-corrected chi connectivity index (χ4v) is 8.69. The number of hydrogen-bond donors (Lipinski definition) is 2. The number of aliphatic hydroxyl groups is 1. The maximum atomic E-state index is 14.1. The minimum absolute atomic E-state index is 0.0201. The number of amides is 2. The van der Waals surface area contributed by atoms with Crippen LogP contribution in [0.2, 0.25) is 0 Å². The molecule has 2 N–H and O–H groups in total. The second-order valence-corrected chi connectivity index (χ2v) is 11.2. The zero-order valence-electron chi connectivity index (χ0n) is 19.4. The molecule has 7 atom stereocenters. The number of nitrogens with zero attached hydrogens (tertiary/aromatic N) is 3. The van der Waals surface area contributed by atoms with Crippen molar-refractivity contribution in [2.24, 2.45) is 17.8 Å². The van der Waals surface area contributed by atoms with E-state index in [2.05, 4.69) is 11.5 Å². The minimum atomic E-state index is -0.973. The highest BCUT2D eigenvalue weighted by Crippen LogP contribution is 2.68. The number of rotatable bonds is 9. The summed E-state index contributed by atoms with van der Waals surface area (Å²) in [5, 5.41) is 19.7. The van der Waals surface area contributed by atoms with Crippen molar-refractivity contribution in [3.8, 4) is 0 Å². The molecule has 0 radical (unpaired) electrons. The number of carbonyl (C=O) groups is 3. The molecule has 4 fully saturated rings. The van der Waals surface area contributed by atoms with E-state index in [-0.39, 0.29) is 29.6 Å². The van der Waals surface area contributed by atoms with Crippen LogP contribution in [0.4, 0.5) is 0 Å². The predicted molar refractivity (Wildman–Crippen MR) is 124 cm³/mol. The van der Waals surface area contributed by atoms with Crippen molar-refractivity contribution in [3.63, 3.8) is 0 Å². The molecule has 0 aromatic rings. The van der Waals surface area contributed by atoms with Gasteiger partial charge < -0.3 is 24.7 Å². The van der Waals surface area contributed by atoms with Gasteiger partial charge in [0.15, 0.2) is 0 Å². The number of aliphatic carboxylic acids is 1. The van der Waals surface area contributed by atoms with E-state index in [4.69, 9.17) is 4.74 Å². The number of morpholine rings is 1. The molecule has 0 aromatic carbocycles. The smallest absolute Gasteiger partial charge is 0.308 e. The quantitative estimate of drug-likeness (QED) is 0.448. The Hall–Kier alpha value is -1.62. The number of carboxylic acids is 1. The number of aliphatic hydroxyl groups excluding tert-OH is 1. The Morgan fingerprint density at radius 2 is 2.09 bits per heavy atom. The zero-order chi connectivity index (χ0) is 23.9. The van der Waals surface area contributed by atoms with Gasteiger partial charge in [0.05, 0.1) is 42.4 Å². The lowest BCUT2D eigenvalue weighted by molar-refractivity contribution is -0.149. The molecule has 9 nitrogen and oxygen atoms in total. The average molecular weight is 482 g/mol. The number of fused-ring (bicyclic) bond motifs is 1. The van der Waals surface area contributed by atoms with Gasteiger partial charge >= 0.3 is 5.97 Å². The molecule has 2 amide bonds. The van der Waals surface area contributed by atoms with Gasteiger partial charge in [-0.05, 0) is 19.3 Å². The fraction of sp³-hybridized carbons (Fsp3) is 0.783. The van der Waals surface area contributed by atoms with E-state index >= 15 is 0 Å². The van der Waals surface area contributed by atoms with E-state index in [1.165, 1.54) is 16.7 Å². The third-order valence-electron chi connectivity index (χ3n) is 7.89. The third kappa shape index (κ3) is 3.88. The van der Waals surface area contributed by atoms with Gasteiger partial charge in [-0.1, -0.05) is 13.0 Å². The van der Waals surface area contributed by atoms with Crippen LogP contribution >= 0.6 is 11.8 Å². The van der Waals surface area contributed by atoms with Gasteiger partial charge in [0.25, 0.3) is 0 Å². The standard InChI is InChI=1S/C23H35N3O6S/c1-4-5-25(7-6-24-8-10-32-11-9-24)21(29)19-23-14(2)12-16(33-23)17(22(30)31)18(23)20(28)26(19)15(3)13-27/h4,14-19,27H,1,5-13H2,2-3H3,(H,30,31)/t14?,15-,16+,17-,18+,19?,23?/m1/s1. The molecule has 4 aliphatic rings. The monoisotopic (exact) mass is 481 g/mol. The van der Waals surface area contributed by atoms with Gasteiger partial charge in [-0.3, -0.25) is 19.3 Å². The SMILES string of the molecule is C=CCN(CCN1CCOCC1)C(=O)C1N([C@H](C)CO)C(=O)[C@@H]2[C@H](C(=O)O)[C@@H]3CC(C)C12S3. The highest BCUT2D eigenvalue weighted by molar-refractivity contribution is 8.02. The van der Waals surface area contributed by atoms with E-state index in [9.17, 15) is 24.6 Å². The first kappa shape index (κ1) is 24.5. The van der Waals surface area contributed by atoms with Gasteiger partial charge in [-0.25, -0.2) is 0 Å². The van der Waals surface area contributed by atoms with Crippen LogP contribution in [0.15, 0.2) is 12.7 Å². The largest absolute Gasteiger partial charge is 0.481 e. The zero-order valence-corrected chi connectivity index (χ0v) is 20.2. The summed E-state index contributed by atoms with van der Waals surface area (Å²) >= 11 is 1.52. The van der Waals surface area contributed by atoms with Crippen LogP contribution in [0.5, 0.6) is 0 Å². The van der Waals surface area contributed by atoms with Crippen LogP contribution < -0.4 is 0 Å². The van der Waals surface area contributed by atoms with Crippen molar-refractivity contribution in [1.82, 2.24) is 14.7 Å². The molecule has 0 aromatic heterocycles. The van der Waals surface area contributed by atoms with Gasteiger partial charge in [0, 0.05) is 38.0 Å². The molecule has 4 heterocycles. The van der Waals surface area contributed by atoms with Crippen molar-refractivity contribution in [1.29, 1.82) is 0 Å². The highest BCUT2D eigenvalue weighted by atomic mass is 32.2. The first-order valence-corrected chi connectivity index (χ1v) is 12.7. The third-order valence-corrected chi connectivity index (χ3v) is 9.97. The van der Waals surface area contributed by atoms with Crippen LogP contribution in [0.3, 0.4) is 0 Å². The molecule has 2 bridgehead atoms. The maximum Gasteiger partial charge on any atom is 0.308 e. The number of hydrogen-bond acceptors (Lipinski definition) is 7. The van der Waals surface area contributed by atoms with Crippen molar-refractivity contribution in [2.45, 2.75) is 42.3 Å². The van der Waals surface area contributed by atoms with Gasteiger partial charge in [0.2, 0.25) is 11.8 Å². The molecule has 4 aliphatic heterocycles. The summed E-state index contributed by atoms with van der Waals surface area (Å²) in [6, 6.07) is -1.37. The summed E-state index contributed by atoms with van der Waals surface area (Å²) in [6.07, 6.45) is 2.36. The second-order valence-electron chi connectivity index (χ2n) is 9.69. The van der Waals surface area contributed by atoms with Crippen molar-refractivity contribution in [2.75, 3.05) is 52.5 Å². The van der Waals surface area contributed by atoms with Crippen LogP contribution in [0.1, 0.15) is 20.3 Å². The minimum Gasteiger partial charge on any atom is -0.481 e. The lowest BCUT2D eigenvalue weighted by Crippen LogP contribution is -2.59. The molecular weight excluding hydrogens is 446 g/mol. The Kier molecular flexibility index (Phi) is 7.10. The Balaban J connectivity index is 1.67. The molecule has 0 aliphatic carbocycles. The lowest BCUT2D eigenvalue weighted by Gasteiger charge is -2.41. The summed E-state index contributed by atoms with van der Waals surface area (Å²) in [7, 11) is 0. The average Bonchev–Trinajstić information content (AvgIpc) is 3.40. The molecule has 0 saturated carbocycles. The van der Waals surface area contributed by atoms with Crippen LogP contribution in [-0.4, -0.2) is 117 Å². The molecule has 10 heteroatoms. The lowest BCUT2D eigenvalue weighted by atomic mass is 9.66. The van der Waals surface area contributed by atoms with Gasteiger partial charge in [-0.2, -0.15) is 0 Å². The van der Waals surface area contributed by atoms with Crippen LogP contribution in [0, 0.1) is 17.8 Å². The normalized spacial score (nSPS) is 36.6. The molecule has 184 valence electrons. The Morgan fingerprint density at radius 1 is 1.39 bits per heavy atom. The summed E-state index contributed by atoms with van der Waals surface area (Å²) in [5.74, 6) is -2.99.